The molecule has 1 radical (unpaired) electrons. The second-order valence-corrected chi connectivity index (χ2v) is 2.26. The Morgan fingerprint density at radius 2 is 1.33 bits per heavy atom. The normalized spacial score (nSPS) is 9.17. The van der Waals surface area contributed by atoms with Crippen LogP contribution in [0.1, 0.15) is 0 Å². The van der Waals surface area contributed by atoms with Crippen LogP contribution in [-0.2, 0) is 0 Å². The maximum Gasteiger partial charge on any atom is 0.366 e. The fourth-order valence-corrected chi connectivity index (χ4v) is 0.715. The van der Waals surface area contributed by atoms with Gasteiger partial charge >= 0.3 is 17.1 Å². The Balaban J connectivity index is 0.00000121. The molecule has 0 saturated carbocycles. The first kappa shape index (κ1) is 12.6. The number of nitrogens with zero attached hydrogens (tertiary/aromatic N) is 2. The van der Waals surface area contributed by atoms with Gasteiger partial charge in [-0.15, -0.1) is 8.17 Å². The van der Waals surface area contributed by atoms with E-state index < -0.39 is 17.1 Å². The summed E-state index contributed by atoms with van der Waals surface area (Å²) >= 11 is 10.1. The summed E-state index contributed by atoms with van der Waals surface area (Å²) < 4.78 is 0.322. The fraction of sp³-hybridized carbons (Fsp3) is 0. The Labute approximate surface area is 118 Å². The van der Waals surface area contributed by atoms with Crippen molar-refractivity contribution < 1.29 is 0 Å². The standard InChI is InChI=1S/C3HCl2N3O3.K/c4-7-1(9)6-2(10)8(5)3(7)11;/h(H,6,9,10);. The van der Waals surface area contributed by atoms with Gasteiger partial charge in [-0.2, -0.15) is 0 Å². The number of rotatable bonds is 0. The van der Waals surface area contributed by atoms with Crippen LogP contribution in [0.2, 0.25) is 0 Å². The van der Waals surface area contributed by atoms with E-state index in [1.165, 1.54) is 0 Å². The Bertz CT molecular complexity index is 408. The third-order valence-corrected chi connectivity index (χ3v) is 1.50. The van der Waals surface area contributed by atoms with Gasteiger partial charge < -0.3 is 0 Å². The Morgan fingerprint density at radius 3 is 1.67 bits per heavy atom. The van der Waals surface area contributed by atoms with E-state index in [0.717, 1.165) is 0 Å². The summed E-state index contributed by atoms with van der Waals surface area (Å²) in [6.07, 6.45) is 0. The minimum atomic E-state index is -1.10. The zero-order valence-corrected chi connectivity index (χ0v) is 10.5. The molecule has 1 N–H and O–H groups in total. The number of H-pyrrole nitrogens is 1. The molecule has 6 nitrogen and oxygen atoms in total. The number of nitrogens with one attached hydrogen (secondary N) is 1. The number of hydrogen-bond donors (Lipinski definition) is 1. The van der Waals surface area contributed by atoms with Crippen LogP contribution in [0.3, 0.4) is 0 Å². The van der Waals surface area contributed by atoms with E-state index in [0.29, 0.717) is 0 Å². The Kier molecular flexibility index (Phi) is 5.00. The molecule has 9 heteroatoms. The second kappa shape index (κ2) is 4.75. The third-order valence-electron chi connectivity index (χ3n) is 0.906. The molecule has 61 valence electrons. The van der Waals surface area contributed by atoms with Crippen LogP contribution in [0.5, 0.6) is 0 Å². The summed E-state index contributed by atoms with van der Waals surface area (Å²) in [7, 11) is 0. The van der Waals surface area contributed by atoms with E-state index in [9.17, 15) is 14.4 Å². The predicted octanol–water partition coefficient (Wildman–Crippen LogP) is -1.68. The van der Waals surface area contributed by atoms with Crippen LogP contribution >= 0.6 is 23.6 Å². The minimum Gasteiger partial charge on any atom is -0.257 e. The molecule has 0 saturated heterocycles. The van der Waals surface area contributed by atoms with Crippen molar-refractivity contribution in [2.24, 2.45) is 0 Å². The molecule has 1 aromatic heterocycles. The number of halogens is 2. The zero-order chi connectivity index (χ0) is 8.59. The van der Waals surface area contributed by atoms with Crippen molar-refractivity contribution >= 4 is 74.9 Å². The third kappa shape index (κ3) is 2.31. The minimum absolute atomic E-state index is 0. The van der Waals surface area contributed by atoms with Gasteiger partial charge in [-0.25, -0.2) is 14.4 Å². The first-order valence-corrected chi connectivity index (χ1v) is 3.02. The zero-order valence-electron chi connectivity index (χ0n) is 5.88. The van der Waals surface area contributed by atoms with Crippen molar-refractivity contribution in [3.05, 3.63) is 31.5 Å². The van der Waals surface area contributed by atoms with E-state index in [-0.39, 0.29) is 59.6 Å². The summed E-state index contributed by atoms with van der Waals surface area (Å²) in [6, 6.07) is 0. The van der Waals surface area contributed by atoms with Crippen LogP contribution < -0.4 is 17.1 Å². The Morgan fingerprint density at radius 1 is 1.00 bits per heavy atom. The Hall–Kier alpha value is 0.626. The molecule has 0 atom stereocenters. The van der Waals surface area contributed by atoms with Crippen LogP contribution in [-0.4, -0.2) is 64.5 Å². The molecule has 0 bridgehead atoms. The molecule has 0 unspecified atom stereocenters. The van der Waals surface area contributed by atoms with E-state index in [1.54, 1.807) is 4.98 Å². The topological polar surface area (TPSA) is 76.9 Å². The SMILES string of the molecule is O=c1[nH]c(=O)n(Cl)c(=O)n1Cl.[K]. The average Bonchev–Trinajstić information content (AvgIpc) is 1.97. The van der Waals surface area contributed by atoms with Crippen molar-refractivity contribution in [2.45, 2.75) is 0 Å². The molecule has 0 spiro atoms. The van der Waals surface area contributed by atoms with Gasteiger partial charge in [0.05, 0.1) is 0 Å². The molecule has 1 heterocycles. The molecule has 1 aromatic rings. The molecule has 0 aliphatic rings. The second-order valence-electron chi connectivity index (χ2n) is 1.58. The summed E-state index contributed by atoms with van der Waals surface area (Å²) in [5.74, 6) is 0. The maximum absolute atomic E-state index is 10.7. The molecular weight excluding hydrogens is 236 g/mol. The number of aromatic nitrogens is 3. The number of hydrogen-bond acceptors (Lipinski definition) is 3. The summed E-state index contributed by atoms with van der Waals surface area (Å²) in [5, 5.41) is 0. The summed E-state index contributed by atoms with van der Waals surface area (Å²) in [6.45, 7) is 0. The molecular formula is C3HCl2KN3O3. The van der Waals surface area contributed by atoms with Gasteiger partial charge in [-0.05, 0) is 0 Å². The van der Waals surface area contributed by atoms with Gasteiger partial charge in [0.25, 0.3) is 0 Å². The van der Waals surface area contributed by atoms with E-state index in [4.69, 9.17) is 23.6 Å². The van der Waals surface area contributed by atoms with Crippen LogP contribution in [0.15, 0.2) is 14.4 Å². The van der Waals surface area contributed by atoms with E-state index >= 15 is 0 Å². The van der Waals surface area contributed by atoms with Crippen molar-refractivity contribution in [1.82, 2.24) is 13.2 Å². The summed E-state index contributed by atoms with van der Waals surface area (Å²) in [5.41, 5.74) is -3.13. The van der Waals surface area contributed by atoms with Gasteiger partial charge in [0.1, 0.15) is 0 Å². The van der Waals surface area contributed by atoms with E-state index in [1.807, 2.05) is 0 Å². The molecule has 0 aliphatic carbocycles. The van der Waals surface area contributed by atoms with Crippen molar-refractivity contribution in [3.63, 3.8) is 0 Å². The molecule has 0 amide bonds. The predicted molar refractivity (Wildman–Crippen MR) is 43.8 cm³/mol. The maximum atomic E-state index is 10.7. The summed E-state index contributed by atoms with van der Waals surface area (Å²) in [4.78, 5) is 33.4. The average molecular weight is 237 g/mol. The van der Waals surface area contributed by atoms with Crippen molar-refractivity contribution in [1.29, 1.82) is 0 Å². The molecule has 0 aromatic carbocycles. The van der Waals surface area contributed by atoms with Crippen molar-refractivity contribution in [3.8, 4) is 0 Å². The van der Waals surface area contributed by atoms with Gasteiger partial charge in [-0.1, -0.05) is 0 Å². The van der Waals surface area contributed by atoms with Crippen LogP contribution in [0, 0.1) is 0 Å². The van der Waals surface area contributed by atoms with Crippen molar-refractivity contribution in [2.75, 3.05) is 0 Å². The molecule has 12 heavy (non-hydrogen) atoms. The van der Waals surface area contributed by atoms with Gasteiger partial charge in [0.2, 0.25) is 0 Å². The van der Waals surface area contributed by atoms with Crippen LogP contribution in [0.4, 0.5) is 0 Å². The van der Waals surface area contributed by atoms with Gasteiger partial charge in [0, 0.05) is 74.9 Å². The van der Waals surface area contributed by atoms with Gasteiger partial charge in [0.15, 0.2) is 0 Å². The first-order valence-electron chi connectivity index (χ1n) is 2.34. The molecule has 0 fully saturated rings. The largest absolute Gasteiger partial charge is 0.366 e. The van der Waals surface area contributed by atoms with Gasteiger partial charge in [-0.3, -0.25) is 4.98 Å². The number of aromatic amines is 1. The smallest absolute Gasteiger partial charge is 0.257 e. The molecule has 0 aliphatic heterocycles. The quantitative estimate of drug-likeness (QED) is 0.547. The monoisotopic (exact) mass is 236 g/mol. The first-order chi connectivity index (χ1) is 5.04. The molecule has 1 rings (SSSR count). The van der Waals surface area contributed by atoms with E-state index in [2.05, 4.69) is 0 Å². The van der Waals surface area contributed by atoms with Crippen LogP contribution in [0.25, 0.3) is 0 Å². The fourth-order valence-electron chi connectivity index (χ4n) is 0.440.